The lowest BCUT2D eigenvalue weighted by Crippen LogP contribution is -2.74. The second kappa shape index (κ2) is 5.18. The first-order valence-electron chi connectivity index (χ1n) is 4.57. The molecule has 8 heteroatoms. The van der Waals surface area contributed by atoms with Gasteiger partial charge in [-0.05, 0) is 6.42 Å². The first kappa shape index (κ1) is 12.8. The number of nitrogens with zero attached hydrogens (tertiary/aromatic N) is 1. The molecule has 1 unspecified atom stereocenters. The van der Waals surface area contributed by atoms with E-state index in [-0.39, 0.29) is 8.61 Å². The molecule has 15 heavy (non-hydrogen) atoms. The predicted molar refractivity (Wildman–Crippen MR) is 57.6 cm³/mol. The molecule has 0 radical (unpaired) electrons. The number of hydrogen-bond donors (Lipinski definition) is 3. The van der Waals surface area contributed by atoms with Crippen LogP contribution in [0.1, 0.15) is 6.42 Å². The van der Waals surface area contributed by atoms with Crippen molar-refractivity contribution in [3.63, 3.8) is 0 Å². The van der Waals surface area contributed by atoms with Gasteiger partial charge in [0.1, 0.15) is 0 Å². The minimum absolute atomic E-state index is 0.327. The van der Waals surface area contributed by atoms with E-state index in [4.69, 9.17) is 23.1 Å². The molecule has 0 aromatic carbocycles. The highest BCUT2D eigenvalue weighted by molar-refractivity contribution is 7.21. The van der Waals surface area contributed by atoms with Gasteiger partial charge >= 0.3 is 0 Å². The number of alkyl halides is 1. The fourth-order valence-electron chi connectivity index (χ4n) is 1.50. The summed E-state index contributed by atoms with van der Waals surface area (Å²) in [6.45, 7) is 0.730. The van der Waals surface area contributed by atoms with Gasteiger partial charge in [-0.3, -0.25) is 14.8 Å². The van der Waals surface area contributed by atoms with Crippen LogP contribution in [-0.2, 0) is 9.36 Å². The van der Waals surface area contributed by atoms with Crippen molar-refractivity contribution in [2.75, 3.05) is 19.0 Å². The van der Waals surface area contributed by atoms with E-state index in [0.29, 0.717) is 25.4 Å². The van der Waals surface area contributed by atoms with Crippen LogP contribution in [0.5, 0.6) is 0 Å². The zero-order valence-corrected chi connectivity index (χ0v) is 9.80. The molecule has 5 N–H and O–H groups in total. The molecule has 0 aromatic rings. The maximum atomic E-state index is 11.8. The van der Waals surface area contributed by atoms with E-state index in [0.717, 1.165) is 4.67 Å². The molecule has 0 spiro atoms. The topological polar surface area (TPSA) is 101 Å². The van der Waals surface area contributed by atoms with E-state index in [2.05, 4.69) is 5.32 Å². The third-order valence-electron chi connectivity index (χ3n) is 2.44. The van der Waals surface area contributed by atoms with Crippen molar-refractivity contribution in [1.29, 1.82) is 0 Å². The Balaban J connectivity index is 2.80. The van der Waals surface area contributed by atoms with Gasteiger partial charge in [0, 0.05) is 25.0 Å². The normalized spacial score (nSPS) is 32.3. The molecule has 1 aliphatic heterocycles. The smallest absolute Gasteiger partial charge is 0.284 e. The van der Waals surface area contributed by atoms with Gasteiger partial charge in [0.2, 0.25) is 0 Å². The van der Waals surface area contributed by atoms with Gasteiger partial charge in [0.05, 0.1) is 0 Å². The van der Waals surface area contributed by atoms with Crippen LogP contribution in [0.15, 0.2) is 0 Å². The van der Waals surface area contributed by atoms with Gasteiger partial charge in [-0.2, -0.15) is 0 Å². The number of carbonyl (C=O) groups is 1. The molecule has 1 saturated heterocycles. The minimum Gasteiger partial charge on any atom is -0.324 e. The zero-order chi connectivity index (χ0) is 11.5. The summed E-state index contributed by atoms with van der Waals surface area (Å²) in [4.78, 5) is 11.8. The maximum Gasteiger partial charge on any atom is 0.284 e. The molecular weight excluding hydrogens is 239 g/mol. The van der Waals surface area contributed by atoms with Gasteiger partial charge in [0.25, 0.3) is 14.5 Å². The lowest BCUT2D eigenvalue weighted by Gasteiger charge is -2.40. The summed E-state index contributed by atoms with van der Waals surface area (Å²) >= 11 is 5.50. The lowest BCUT2D eigenvalue weighted by molar-refractivity contribution is -0.136. The Morgan fingerprint density at radius 1 is 1.73 bits per heavy atom. The number of hydrogen-bond acceptors (Lipinski definition) is 5. The predicted octanol–water partition coefficient (Wildman–Crippen LogP) is -0.764. The second-order valence-corrected chi connectivity index (χ2v) is 4.41. The van der Waals surface area contributed by atoms with Crippen LogP contribution in [0.25, 0.3) is 0 Å². The summed E-state index contributed by atoms with van der Waals surface area (Å²) in [5.74, 6) is -0.128. The van der Waals surface area contributed by atoms with Crippen molar-refractivity contribution in [2.45, 2.75) is 18.1 Å². The molecule has 1 heterocycles. The number of piperidine rings is 1. The Hall–Kier alpha value is -0.260. The molecule has 1 fully saturated rings. The summed E-state index contributed by atoms with van der Waals surface area (Å²) in [5.41, 5.74) is 10.3. The second-order valence-electron chi connectivity index (χ2n) is 3.39. The van der Waals surface area contributed by atoms with E-state index in [1.165, 1.54) is 0 Å². The molecule has 2 atom stereocenters. The van der Waals surface area contributed by atoms with Crippen molar-refractivity contribution in [2.24, 2.45) is 11.5 Å². The fraction of sp³-hybridized carbons (Fsp3) is 0.857. The van der Waals surface area contributed by atoms with Crippen LogP contribution in [0, 0.1) is 0 Å². The molecule has 0 aromatic heterocycles. The highest BCUT2D eigenvalue weighted by atomic mass is 35.5. The summed E-state index contributed by atoms with van der Waals surface area (Å²) in [7, 11) is -0.355. The summed E-state index contributed by atoms with van der Waals surface area (Å²) < 4.78 is 11.8. The number of rotatable bonds is 4. The Morgan fingerprint density at radius 3 is 2.93 bits per heavy atom. The van der Waals surface area contributed by atoms with Gasteiger partial charge < -0.3 is 11.5 Å². The van der Waals surface area contributed by atoms with Crippen LogP contribution < -0.4 is 16.8 Å². The molecule has 1 rings (SSSR count). The van der Waals surface area contributed by atoms with Crippen LogP contribution in [0.3, 0.4) is 0 Å². The summed E-state index contributed by atoms with van der Waals surface area (Å²) in [6.07, 6.45) is 0.507. The molecule has 6 nitrogen and oxygen atoms in total. The molecule has 1 amide bonds. The van der Waals surface area contributed by atoms with E-state index >= 15 is 0 Å². The fourth-order valence-corrected chi connectivity index (χ4v) is 2.03. The van der Waals surface area contributed by atoms with Crippen molar-refractivity contribution in [3.8, 4) is 0 Å². The third-order valence-corrected chi connectivity index (χ3v) is 3.20. The summed E-state index contributed by atoms with van der Waals surface area (Å²) in [6, 6.07) is -0.494. The van der Waals surface area contributed by atoms with Crippen molar-refractivity contribution in [3.05, 3.63) is 0 Å². The third kappa shape index (κ3) is 2.46. The maximum absolute atomic E-state index is 11.8. The molecular formula is C7H14ClN4O2P. The molecule has 86 valence electrons. The molecule has 0 aliphatic carbocycles. The van der Waals surface area contributed by atoms with Crippen LogP contribution >= 0.6 is 20.2 Å². The van der Waals surface area contributed by atoms with Gasteiger partial charge in [0.15, 0.2) is 5.66 Å². The van der Waals surface area contributed by atoms with Crippen molar-refractivity contribution < 1.29 is 9.36 Å². The Kier molecular flexibility index (Phi) is 4.43. The van der Waals surface area contributed by atoms with Gasteiger partial charge in [-0.25, -0.2) is 4.57 Å². The first-order valence-corrected chi connectivity index (χ1v) is 5.87. The zero-order valence-electron chi connectivity index (χ0n) is 8.15. The quantitative estimate of drug-likeness (QED) is 0.347. The monoisotopic (exact) mass is 252 g/mol. The average molecular weight is 253 g/mol. The van der Waals surface area contributed by atoms with Crippen LogP contribution in [-0.4, -0.2) is 41.3 Å². The highest BCUT2D eigenvalue weighted by Gasteiger charge is 2.46. The van der Waals surface area contributed by atoms with E-state index in [9.17, 15) is 9.36 Å². The van der Waals surface area contributed by atoms with Gasteiger partial charge in [-0.15, -0.1) is 11.6 Å². The van der Waals surface area contributed by atoms with Crippen LogP contribution in [0.4, 0.5) is 0 Å². The Labute approximate surface area is 94.6 Å². The van der Waals surface area contributed by atoms with Crippen molar-refractivity contribution in [1.82, 2.24) is 9.99 Å². The average Bonchev–Trinajstić information content (AvgIpc) is 2.24. The molecule has 1 aliphatic rings. The van der Waals surface area contributed by atoms with E-state index < -0.39 is 17.6 Å². The highest BCUT2D eigenvalue weighted by Crippen LogP contribution is 2.22. The van der Waals surface area contributed by atoms with Crippen molar-refractivity contribution >= 4 is 26.1 Å². The van der Waals surface area contributed by atoms with Gasteiger partial charge in [-0.1, -0.05) is 0 Å². The SMILES string of the molecule is NC1CCN(P=O)C(=O)[C@@]1(N)NCCCl. The lowest BCUT2D eigenvalue weighted by atomic mass is 9.94. The number of nitrogens with one attached hydrogen (secondary N) is 1. The largest absolute Gasteiger partial charge is 0.324 e. The number of halogens is 1. The van der Waals surface area contributed by atoms with Crippen LogP contribution in [0.2, 0.25) is 0 Å². The molecule has 0 bridgehead atoms. The van der Waals surface area contributed by atoms with E-state index in [1.807, 2.05) is 0 Å². The number of nitrogens with two attached hydrogens (primary N) is 2. The standard InChI is InChI=1S/C7H14ClN4O2P/c8-2-3-11-7(10)5(9)1-4-12(15-14)6(7)13/h5,11H,1-4,9-10H2/t5?,7-/m0/s1. The summed E-state index contributed by atoms with van der Waals surface area (Å²) in [5, 5.41) is 2.80. The minimum atomic E-state index is -1.36. The Morgan fingerprint density at radius 2 is 2.40 bits per heavy atom. The first-order chi connectivity index (χ1) is 7.06. The molecule has 0 saturated carbocycles. The number of carbonyl (C=O) groups excluding carboxylic acids is 1. The Bertz CT molecular complexity index is 267. The van der Waals surface area contributed by atoms with E-state index in [1.54, 1.807) is 0 Å². The number of amides is 1.